The zero-order chi connectivity index (χ0) is 10.8. The van der Waals surface area contributed by atoms with Crippen molar-refractivity contribution >= 4 is 11.4 Å². The van der Waals surface area contributed by atoms with E-state index in [1.165, 1.54) is 31.6 Å². The number of benzene rings is 1. The number of fused-ring (bicyclic) bond motifs is 3. The number of nitrogens with zero attached hydrogens (tertiary/aromatic N) is 2. The fraction of sp³-hybridized carbons (Fsp3) is 0.462. The topological polar surface area (TPSA) is 27.6 Å². The Morgan fingerprint density at radius 1 is 1.12 bits per heavy atom. The van der Waals surface area contributed by atoms with Gasteiger partial charge in [-0.15, -0.1) is 0 Å². The molecule has 0 aliphatic carbocycles. The number of hydrogen-bond donors (Lipinski definition) is 1. The third-order valence-electron chi connectivity index (χ3n) is 3.55. The van der Waals surface area contributed by atoms with Gasteiger partial charge in [0.15, 0.2) is 0 Å². The summed E-state index contributed by atoms with van der Waals surface area (Å²) in [6.45, 7) is 3.58. The first-order valence-electron chi connectivity index (χ1n) is 6.02. The number of anilines is 1. The maximum Gasteiger partial charge on any atom is 0.0561 e. The predicted octanol–water partition coefficient (Wildman–Crippen LogP) is 2.18. The number of hydrazone groups is 1. The molecule has 3 saturated heterocycles. The van der Waals surface area contributed by atoms with Crippen LogP contribution in [0.25, 0.3) is 0 Å². The maximum atomic E-state index is 4.56. The average molecular weight is 215 g/mol. The highest BCUT2D eigenvalue weighted by atomic mass is 15.3. The third-order valence-corrected chi connectivity index (χ3v) is 3.55. The average Bonchev–Trinajstić information content (AvgIpc) is 2.39. The van der Waals surface area contributed by atoms with Crippen LogP contribution in [0, 0.1) is 5.92 Å². The Balaban J connectivity index is 1.69. The molecule has 16 heavy (non-hydrogen) atoms. The summed E-state index contributed by atoms with van der Waals surface area (Å²) in [5, 5.41) is 4.56. The van der Waals surface area contributed by atoms with Gasteiger partial charge < -0.3 is 0 Å². The van der Waals surface area contributed by atoms with Crippen LogP contribution < -0.4 is 5.43 Å². The van der Waals surface area contributed by atoms with E-state index >= 15 is 0 Å². The summed E-state index contributed by atoms with van der Waals surface area (Å²) < 4.78 is 0. The van der Waals surface area contributed by atoms with Crippen molar-refractivity contribution in [3.05, 3.63) is 30.3 Å². The van der Waals surface area contributed by atoms with E-state index in [4.69, 9.17) is 0 Å². The Hall–Kier alpha value is -1.35. The van der Waals surface area contributed by atoms with Crippen LogP contribution in [0.2, 0.25) is 0 Å². The summed E-state index contributed by atoms with van der Waals surface area (Å²) >= 11 is 0. The van der Waals surface area contributed by atoms with Crippen molar-refractivity contribution in [2.24, 2.45) is 11.0 Å². The molecular formula is C13H17N3. The lowest BCUT2D eigenvalue weighted by Crippen LogP contribution is -2.48. The van der Waals surface area contributed by atoms with E-state index in [1.54, 1.807) is 0 Å². The number of hydrogen-bond acceptors (Lipinski definition) is 3. The van der Waals surface area contributed by atoms with E-state index in [0.717, 1.165) is 18.2 Å². The first-order valence-corrected chi connectivity index (χ1v) is 6.02. The van der Waals surface area contributed by atoms with Gasteiger partial charge in [-0.25, -0.2) is 0 Å². The summed E-state index contributed by atoms with van der Waals surface area (Å²) in [6.07, 6.45) is 2.57. The Morgan fingerprint density at radius 3 is 2.50 bits per heavy atom. The minimum absolute atomic E-state index is 0.723. The van der Waals surface area contributed by atoms with Crippen molar-refractivity contribution in [3.63, 3.8) is 0 Å². The van der Waals surface area contributed by atoms with Crippen LogP contribution in [0.4, 0.5) is 5.69 Å². The van der Waals surface area contributed by atoms with Gasteiger partial charge in [-0.1, -0.05) is 18.2 Å². The Labute approximate surface area is 96.1 Å². The SMILES string of the molecule is c1ccc(N/N=C2/CN3CCC2CC3)cc1. The quantitative estimate of drug-likeness (QED) is 0.766. The van der Waals surface area contributed by atoms with E-state index in [-0.39, 0.29) is 0 Å². The van der Waals surface area contributed by atoms with Crippen LogP contribution in [-0.4, -0.2) is 30.2 Å². The van der Waals surface area contributed by atoms with Gasteiger partial charge in [-0.05, 0) is 38.1 Å². The molecule has 0 unspecified atom stereocenters. The molecule has 0 aromatic heterocycles. The molecule has 3 heteroatoms. The summed E-state index contributed by atoms with van der Waals surface area (Å²) in [5.41, 5.74) is 5.57. The number of piperidine rings is 3. The molecule has 2 bridgehead atoms. The third kappa shape index (κ3) is 1.95. The molecule has 3 aliphatic rings. The van der Waals surface area contributed by atoms with Gasteiger partial charge in [0.1, 0.15) is 0 Å². The second-order valence-corrected chi connectivity index (χ2v) is 4.63. The Kier molecular flexibility index (Phi) is 2.62. The van der Waals surface area contributed by atoms with Crippen molar-refractivity contribution in [1.29, 1.82) is 0 Å². The van der Waals surface area contributed by atoms with Crippen LogP contribution in [0.1, 0.15) is 12.8 Å². The zero-order valence-corrected chi connectivity index (χ0v) is 9.39. The first-order chi connectivity index (χ1) is 7.92. The van der Waals surface area contributed by atoms with Gasteiger partial charge in [-0.2, -0.15) is 5.10 Å². The Morgan fingerprint density at radius 2 is 1.88 bits per heavy atom. The Bertz CT molecular complexity index is 377. The minimum Gasteiger partial charge on any atom is -0.298 e. The number of rotatable bonds is 2. The molecule has 0 amide bonds. The van der Waals surface area contributed by atoms with Crippen molar-refractivity contribution in [1.82, 2.24) is 4.90 Å². The highest BCUT2D eigenvalue weighted by molar-refractivity contribution is 5.90. The molecule has 1 N–H and O–H groups in total. The second kappa shape index (κ2) is 4.26. The molecule has 3 aliphatic heterocycles. The highest BCUT2D eigenvalue weighted by Crippen LogP contribution is 2.25. The molecule has 1 aromatic carbocycles. The van der Waals surface area contributed by atoms with Crippen molar-refractivity contribution in [3.8, 4) is 0 Å². The second-order valence-electron chi connectivity index (χ2n) is 4.63. The van der Waals surface area contributed by atoms with Gasteiger partial charge in [0.2, 0.25) is 0 Å². The summed E-state index contributed by atoms with van der Waals surface area (Å²) in [5.74, 6) is 0.723. The van der Waals surface area contributed by atoms with Crippen molar-refractivity contribution in [2.75, 3.05) is 25.1 Å². The molecule has 0 radical (unpaired) electrons. The molecule has 0 atom stereocenters. The van der Waals surface area contributed by atoms with Crippen molar-refractivity contribution in [2.45, 2.75) is 12.8 Å². The van der Waals surface area contributed by atoms with E-state index < -0.39 is 0 Å². The molecule has 3 heterocycles. The monoisotopic (exact) mass is 215 g/mol. The lowest BCUT2D eigenvalue weighted by Gasteiger charge is -2.39. The van der Waals surface area contributed by atoms with Crippen LogP contribution in [0.3, 0.4) is 0 Å². The smallest absolute Gasteiger partial charge is 0.0561 e. The lowest BCUT2D eigenvalue weighted by atomic mass is 9.87. The highest BCUT2D eigenvalue weighted by Gasteiger charge is 2.30. The maximum absolute atomic E-state index is 4.56. The fourth-order valence-electron chi connectivity index (χ4n) is 2.56. The van der Waals surface area contributed by atoms with E-state index in [1.807, 2.05) is 30.3 Å². The molecule has 3 fully saturated rings. The summed E-state index contributed by atoms with van der Waals surface area (Å²) in [4.78, 5) is 2.49. The lowest BCUT2D eigenvalue weighted by molar-refractivity contribution is 0.200. The molecule has 1 aromatic rings. The van der Waals surface area contributed by atoms with Crippen LogP contribution in [-0.2, 0) is 0 Å². The standard InChI is InChI=1S/C13H17N3/c1-2-4-12(5-3-1)14-15-13-10-16-8-6-11(13)7-9-16/h1-5,11,14H,6-10H2/b15-13-. The van der Waals surface area contributed by atoms with Gasteiger partial charge >= 0.3 is 0 Å². The van der Waals surface area contributed by atoms with Gasteiger partial charge in [0, 0.05) is 12.5 Å². The predicted molar refractivity (Wildman–Crippen MR) is 66.7 cm³/mol. The van der Waals surface area contributed by atoms with Crippen LogP contribution >= 0.6 is 0 Å². The van der Waals surface area contributed by atoms with E-state index in [2.05, 4.69) is 15.4 Å². The number of para-hydroxylation sites is 1. The zero-order valence-electron chi connectivity index (χ0n) is 9.39. The molecule has 0 saturated carbocycles. The number of nitrogens with one attached hydrogen (secondary N) is 1. The first kappa shape index (κ1) is 9.85. The summed E-state index contributed by atoms with van der Waals surface area (Å²) in [6, 6.07) is 10.2. The molecule has 4 rings (SSSR count). The summed E-state index contributed by atoms with van der Waals surface area (Å²) in [7, 11) is 0. The molecular weight excluding hydrogens is 198 g/mol. The van der Waals surface area contributed by atoms with Crippen LogP contribution in [0.5, 0.6) is 0 Å². The van der Waals surface area contributed by atoms with Gasteiger partial charge in [0.05, 0.1) is 11.4 Å². The molecule has 84 valence electrons. The largest absolute Gasteiger partial charge is 0.298 e. The van der Waals surface area contributed by atoms with Gasteiger partial charge in [0.25, 0.3) is 0 Å². The minimum atomic E-state index is 0.723. The van der Waals surface area contributed by atoms with E-state index in [9.17, 15) is 0 Å². The van der Waals surface area contributed by atoms with Crippen molar-refractivity contribution < 1.29 is 0 Å². The fourth-order valence-corrected chi connectivity index (χ4v) is 2.56. The normalized spacial score (nSPS) is 30.6. The van der Waals surface area contributed by atoms with E-state index in [0.29, 0.717) is 0 Å². The molecule has 0 spiro atoms. The molecule has 3 nitrogen and oxygen atoms in total. The van der Waals surface area contributed by atoms with Gasteiger partial charge in [-0.3, -0.25) is 10.3 Å². The van der Waals surface area contributed by atoms with Crippen LogP contribution in [0.15, 0.2) is 35.4 Å².